The van der Waals surface area contributed by atoms with Crippen molar-refractivity contribution < 1.29 is 22.6 Å². The molecule has 1 aromatic carbocycles. The number of hydrogen-bond acceptors (Lipinski definition) is 2. The van der Waals surface area contributed by atoms with Gasteiger partial charge in [0.25, 0.3) is 0 Å². The topological polar surface area (TPSA) is 18.5 Å². The molecule has 0 saturated heterocycles. The van der Waals surface area contributed by atoms with Crippen molar-refractivity contribution in [2.45, 2.75) is 13.1 Å². The van der Waals surface area contributed by atoms with Gasteiger partial charge in [-0.25, -0.2) is 0 Å². The van der Waals surface area contributed by atoms with Gasteiger partial charge in [0, 0.05) is 6.07 Å². The van der Waals surface area contributed by atoms with E-state index in [2.05, 4.69) is 0 Å². The summed E-state index contributed by atoms with van der Waals surface area (Å²) in [6, 6.07) is 3.30. The third kappa shape index (κ3) is 3.04. The molecule has 15 heavy (non-hydrogen) atoms. The van der Waals surface area contributed by atoms with E-state index in [9.17, 15) is 13.2 Å². The summed E-state index contributed by atoms with van der Waals surface area (Å²) in [5.41, 5.74) is -0.773. The first kappa shape index (κ1) is 11.7. The number of rotatable bonds is 3. The SMILES string of the molecule is CCOc1cc(OC)cc(C(F)(F)F)c1. The number of hydrogen-bond donors (Lipinski definition) is 0. The largest absolute Gasteiger partial charge is 0.497 e. The summed E-state index contributed by atoms with van der Waals surface area (Å²) in [7, 11) is 1.31. The van der Waals surface area contributed by atoms with Crippen molar-refractivity contribution in [1.82, 2.24) is 0 Å². The van der Waals surface area contributed by atoms with Crippen molar-refractivity contribution >= 4 is 0 Å². The Labute approximate surface area is 85.6 Å². The van der Waals surface area contributed by atoms with Crippen LogP contribution in [-0.2, 0) is 6.18 Å². The molecular formula is C10H11F3O2. The second kappa shape index (κ2) is 4.42. The normalized spacial score (nSPS) is 11.3. The van der Waals surface area contributed by atoms with E-state index >= 15 is 0 Å². The Bertz CT molecular complexity index is 334. The molecule has 2 nitrogen and oxygen atoms in total. The number of halogens is 3. The van der Waals surface area contributed by atoms with Gasteiger partial charge in [-0.3, -0.25) is 0 Å². The standard InChI is InChI=1S/C10H11F3O2/c1-3-15-9-5-7(10(11,12)13)4-8(6-9)14-2/h4-6H,3H2,1-2H3. The van der Waals surface area contributed by atoms with Crippen molar-refractivity contribution in [3.05, 3.63) is 23.8 Å². The van der Waals surface area contributed by atoms with E-state index in [0.717, 1.165) is 12.1 Å². The molecule has 0 spiro atoms. The van der Waals surface area contributed by atoms with E-state index in [4.69, 9.17) is 9.47 Å². The second-order valence-electron chi connectivity index (χ2n) is 2.83. The highest BCUT2D eigenvalue weighted by Gasteiger charge is 2.31. The van der Waals surface area contributed by atoms with E-state index < -0.39 is 11.7 Å². The van der Waals surface area contributed by atoms with Crippen LogP contribution in [0, 0.1) is 0 Å². The molecular weight excluding hydrogens is 209 g/mol. The van der Waals surface area contributed by atoms with Gasteiger partial charge in [-0.15, -0.1) is 0 Å². The number of benzene rings is 1. The van der Waals surface area contributed by atoms with Gasteiger partial charge in [0.05, 0.1) is 19.3 Å². The van der Waals surface area contributed by atoms with Crippen molar-refractivity contribution in [1.29, 1.82) is 0 Å². The Balaban J connectivity index is 3.11. The van der Waals surface area contributed by atoms with Gasteiger partial charge in [-0.1, -0.05) is 0 Å². The molecule has 0 aliphatic rings. The molecule has 0 heterocycles. The van der Waals surface area contributed by atoms with Crippen LogP contribution in [0.25, 0.3) is 0 Å². The predicted molar refractivity (Wildman–Crippen MR) is 49.2 cm³/mol. The van der Waals surface area contributed by atoms with Gasteiger partial charge in [-0.2, -0.15) is 13.2 Å². The van der Waals surface area contributed by atoms with Gasteiger partial charge in [-0.05, 0) is 19.1 Å². The zero-order valence-corrected chi connectivity index (χ0v) is 8.39. The molecule has 0 N–H and O–H groups in total. The molecule has 0 amide bonds. The molecule has 0 unspecified atom stereocenters. The Hall–Kier alpha value is -1.39. The van der Waals surface area contributed by atoms with E-state index in [0.29, 0.717) is 6.61 Å². The Morgan fingerprint density at radius 2 is 1.73 bits per heavy atom. The van der Waals surface area contributed by atoms with Crippen LogP contribution in [-0.4, -0.2) is 13.7 Å². The summed E-state index contributed by atoms with van der Waals surface area (Å²) in [5, 5.41) is 0. The molecule has 0 saturated carbocycles. The molecule has 1 aromatic rings. The lowest BCUT2D eigenvalue weighted by atomic mass is 10.2. The average Bonchev–Trinajstić information content (AvgIpc) is 2.16. The highest BCUT2D eigenvalue weighted by atomic mass is 19.4. The number of alkyl halides is 3. The summed E-state index contributed by atoms with van der Waals surface area (Å²) < 4.78 is 47.0. The first-order valence-electron chi connectivity index (χ1n) is 4.36. The number of ether oxygens (including phenoxy) is 2. The fourth-order valence-corrected chi connectivity index (χ4v) is 1.10. The van der Waals surface area contributed by atoms with Crippen molar-refractivity contribution in [2.24, 2.45) is 0 Å². The highest BCUT2D eigenvalue weighted by molar-refractivity contribution is 5.39. The molecule has 0 aromatic heterocycles. The van der Waals surface area contributed by atoms with Gasteiger partial charge < -0.3 is 9.47 Å². The summed E-state index contributed by atoms with van der Waals surface area (Å²) in [5.74, 6) is 0.289. The lowest BCUT2D eigenvalue weighted by Crippen LogP contribution is -2.06. The van der Waals surface area contributed by atoms with Gasteiger partial charge in [0.2, 0.25) is 0 Å². The zero-order valence-electron chi connectivity index (χ0n) is 8.39. The van der Waals surface area contributed by atoms with Gasteiger partial charge in [0.1, 0.15) is 11.5 Å². The number of methoxy groups -OCH3 is 1. The van der Waals surface area contributed by atoms with Gasteiger partial charge >= 0.3 is 6.18 Å². The van der Waals surface area contributed by atoms with E-state index in [-0.39, 0.29) is 11.5 Å². The maximum Gasteiger partial charge on any atom is 0.416 e. The molecule has 0 bridgehead atoms. The molecule has 0 atom stereocenters. The third-order valence-electron chi connectivity index (χ3n) is 1.75. The predicted octanol–water partition coefficient (Wildman–Crippen LogP) is 3.11. The maximum absolute atomic E-state index is 12.4. The first-order valence-corrected chi connectivity index (χ1v) is 4.36. The van der Waals surface area contributed by atoms with Crippen LogP contribution in [0.2, 0.25) is 0 Å². The molecule has 84 valence electrons. The summed E-state index contributed by atoms with van der Waals surface area (Å²) in [6.45, 7) is 2.01. The van der Waals surface area contributed by atoms with E-state index in [1.165, 1.54) is 13.2 Å². The van der Waals surface area contributed by atoms with Crippen LogP contribution in [0.1, 0.15) is 12.5 Å². The van der Waals surface area contributed by atoms with Crippen LogP contribution >= 0.6 is 0 Å². The fraction of sp³-hybridized carbons (Fsp3) is 0.400. The fourth-order valence-electron chi connectivity index (χ4n) is 1.10. The van der Waals surface area contributed by atoms with Crippen molar-refractivity contribution in [3.8, 4) is 11.5 Å². The summed E-state index contributed by atoms with van der Waals surface area (Å²) >= 11 is 0. The Morgan fingerprint density at radius 3 is 2.20 bits per heavy atom. The Morgan fingerprint density at radius 1 is 1.13 bits per heavy atom. The zero-order chi connectivity index (χ0) is 11.5. The minimum atomic E-state index is -4.39. The van der Waals surface area contributed by atoms with Crippen LogP contribution in [0.3, 0.4) is 0 Å². The molecule has 0 radical (unpaired) electrons. The van der Waals surface area contributed by atoms with Crippen LogP contribution in [0.5, 0.6) is 11.5 Å². The lowest BCUT2D eigenvalue weighted by molar-refractivity contribution is -0.137. The second-order valence-corrected chi connectivity index (χ2v) is 2.83. The monoisotopic (exact) mass is 220 g/mol. The molecule has 0 aliphatic carbocycles. The third-order valence-corrected chi connectivity index (χ3v) is 1.75. The Kier molecular flexibility index (Phi) is 3.44. The highest BCUT2D eigenvalue weighted by Crippen LogP contribution is 2.34. The smallest absolute Gasteiger partial charge is 0.416 e. The average molecular weight is 220 g/mol. The van der Waals surface area contributed by atoms with E-state index in [1.807, 2.05) is 0 Å². The molecule has 0 fully saturated rings. The minimum Gasteiger partial charge on any atom is -0.497 e. The maximum atomic E-state index is 12.4. The van der Waals surface area contributed by atoms with Gasteiger partial charge in [0.15, 0.2) is 0 Å². The summed E-state index contributed by atoms with van der Waals surface area (Å²) in [6.07, 6.45) is -4.39. The van der Waals surface area contributed by atoms with Crippen molar-refractivity contribution in [2.75, 3.05) is 13.7 Å². The summed E-state index contributed by atoms with van der Waals surface area (Å²) in [4.78, 5) is 0. The first-order chi connectivity index (χ1) is 6.97. The molecule has 0 aliphatic heterocycles. The minimum absolute atomic E-state index is 0.133. The van der Waals surface area contributed by atoms with Crippen molar-refractivity contribution in [3.63, 3.8) is 0 Å². The van der Waals surface area contributed by atoms with Crippen LogP contribution in [0.15, 0.2) is 18.2 Å². The lowest BCUT2D eigenvalue weighted by Gasteiger charge is -2.11. The van der Waals surface area contributed by atoms with Crippen LogP contribution < -0.4 is 9.47 Å². The van der Waals surface area contributed by atoms with Crippen LogP contribution in [0.4, 0.5) is 13.2 Å². The quantitative estimate of drug-likeness (QED) is 0.779. The molecule has 5 heteroatoms. The van der Waals surface area contributed by atoms with E-state index in [1.54, 1.807) is 6.92 Å². The molecule has 1 rings (SSSR count).